The van der Waals surface area contributed by atoms with E-state index in [1.807, 2.05) is 55.5 Å². The van der Waals surface area contributed by atoms with Gasteiger partial charge in [0.05, 0.1) is 18.7 Å². The zero-order valence-corrected chi connectivity index (χ0v) is 20.3. The Kier molecular flexibility index (Phi) is 5.78. The van der Waals surface area contributed by atoms with Crippen LogP contribution in [0.25, 0.3) is 10.8 Å². The molecule has 4 nitrogen and oxygen atoms in total. The van der Waals surface area contributed by atoms with Crippen molar-refractivity contribution in [2.75, 3.05) is 4.90 Å². The van der Waals surface area contributed by atoms with Crippen molar-refractivity contribution in [3.05, 3.63) is 113 Å². The highest BCUT2D eigenvalue weighted by Gasteiger charge is 2.50. The Bertz CT molecular complexity index is 1450. The Hall–Kier alpha value is -3.76. The molecule has 1 amide bonds. The lowest BCUT2D eigenvalue weighted by molar-refractivity contribution is -0.136. The summed E-state index contributed by atoms with van der Waals surface area (Å²) in [6, 6.07) is 26.9. The van der Waals surface area contributed by atoms with Gasteiger partial charge in [-0.3, -0.25) is 9.59 Å². The predicted molar refractivity (Wildman–Crippen MR) is 140 cm³/mol. The summed E-state index contributed by atoms with van der Waals surface area (Å²) in [6.07, 6.45) is -0.303. The van der Waals surface area contributed by atoms with Crippen LogP contribution in [0.3, 0.4) is 0 Å². The van der Waals surface area contributed by atoms with Crippen LogP contribution in [-0.4, -0.2) is 16.8 Å². The maximum atomic E-state index is 13.7. The van der Waals surface area contributed by atoms with Crippen molar-refractivity contribution >= 4 is 28.2 Å². The summed E-state index contributed by atoms with van der Waals surface area (Å²) in [5.41, 5.74) is 3.04. The minimum Gasteiger partial charge on any atom is -0.375 e. The maximum absolute atomic E-state index is 13.7. The molecular formula is C31H29NO3. The fourth-order valence-corrected chi connectivity index (χ4v) is 4.92. The number of carbonyl (C=O) groups excluding carboxylic acids is 2. The quantitative estimate of drug-likeness (QED) is 0.343. The lowest BCUT2D eigenvalue weighted by atomic mass is 9.87. The number of hydrogen-bond donors (Lipinski definition) is 1. The molecule has 0 fully saturated rings. The van der Waals surface area contributed by atoms with Crippen molar-refractivity contribution < 1.29 is 14.7 Å². The first-order valence-electron chi connectivity index (χ1n) is 12.0. The van der Waals surface area contributed by atoms with Crippen LogP contribution in [0, 0.1) is 6.92 Å². The Balaban J connectivity index is 1.48. The molecule has 1 aliphatic rings. The Morgan fingerprint density at radius 2 is 1.63 bits per heavy atom. The van der Waals surface area contributed by atoms with Gasteiger partial charge in [-0.15, -0.1) is 0 Å². The average molecular weight is 464 g/mol. The second kappa shape index (κ2) is 8.79. The van der Waals surface area contributed by atoms with Gasteiger partial charge in [0.1, 0.15) is 0 Å². The minimum absolute atomic E-state index is 0.263. The number of ketones is 1. The number of benzene rings is 4. The van der Waals surface area contributed by atoms with Gasteiger partial charge >= 0.3 is 0 Å². The summed E-state index contributed by atoms with van der Waals surface area (Å²) in [5.74, 6) is -0.351. The number of nitrogens with zero attached hydrogens (tertiary/aromatic N) is 1. The van der Waals surface area contributed by atoms with Crippen LogP contribution in [0.15, 0.2) is 84.9 Å². The molecule has 4 aromatic rings. The Labute approximate surface area is 205 Å². The monoisotopic (exact) mass is 463 g/mol. The molecule has 0 aliphatic carbocycles. The maximum Gasteiger partial charge on any atom is 0.264 e. The molecule has 0 unspecified atom stereocenters. The SMILES string of the molecule is Cc1ccc(C(C)C)cc1CN1C(=O)[C@@](O)(CC(=O)c2ccc3ccccc3c2)c2ccccc21. The van der Waals surface area contributed by atoms with Crippen LogP contribution < -0.4 is 4.90 Å². The van der Waals surface area contributed by atoms with Gasteiger partial charge in [0.2, 0.25) is 0 Å². The number of carbonyl (C=O) groups is 2. The molecule has 0 saturated heterocycles. The smallest absolute Gasteiger partial charge is 0.264 e. The lowest BCUT2D eigenvalue weighted by Crippen LogP contribution is -2.41. The number of anilines is 1. The summed E-state index contributed by atoms with van der Waals surface area (Å²) < 4.78 is 0. The predicted octanol–water partition coefficient (Wildman–Crippen LogP) is 6.28. The molecule has 5 rings (SSSR count). The third kappa shape index (κ3) is 4.04. The van der Waals surface area contributed by atoms with E-state index in [9.17, 15) is 14.7 Å². The second-order valence-electron chi connectivity index (χ2n) is 9.77. The number of fused-ring (bicyclic) bond motifs is 2. The summed E-state index contributed by atoms with van der Waals surface area (Å²) >= 11 is 0. The van der Waals surface area contributed by atoms with Gasteiger partial charge in [-0.2, -0.15) is 0 Å². The third-order valence-electron chi connectivity index (χ3n) is 7.10. The summed E-state index contributed by atoms with van der Waals surface area (Å²) in [5, 5.41) is 13.7. The molecule has 1 N–H and O–H groups in total. The highest BCUT2D eigenvalue weighted by atomic mass is 16.3. The molecule has 0 radical (unpaired) electrons. The van der Waals surface area contributed by atoms with Crippen molar-refractivity contribution in [3.8, 4) is 0 Å². The number of para-hydroxylation sites is 1. The molecule has 0 spiro atoms. The normalized spacial score (nSPS) is 17.3. The van der Waals surface area contributed by atoms with E-state index in [0.717, 1.165) is 21.9 Å². The fourth-order valence-electron chi connectivity index (χ4n) is 4.92. The lowest BCUT2D eigenvalue weighted by Gasteiger charge is -2.24. The molecule has 176 valence electrons. The van der Waals surface area contributed by atoms with E-state index in [-0.39, 0.29) is 12.2 Å². The fraction of sp³-hybridized carbons (Fsp3) is 0.226. The molecule has 1 atom stereocenters. The van der Waals surface area contributed by atoms with Crippen LogP contribution in [-0.2, 0) is 16.9 Å². The van der Waals surface area contributed by atoms with Gasteiger partial charge in [-0.1, -0.05) is 86.6 Å². The molecule has 0 aromatic heterocycles. The second-order valence-corrected chi connectivity index (χ2v) is 9.77. The largest absolute Gasteiger partial charge is 0.375 e. The van der Waals surface area contributed by atoms with E-state index >= 15 is 0 Å². The highest BCUT2D eigenvalue weighted by molar-refractivity contribution is 6.11. The summed E-state index contributed by atoms with van der Waals surface area (Å²) in [7, 11) is 0. The van der Waals surface area contributed by atoms with Crippen LogP contribution in [0.2, 0.25) is 0 Å². The van der Waals surface area contributed by atoms with E-state index in [4.69, 9.17) is 0 Å². The van der Waals surface area contributed by atoms with E-state index in [0.29, 0.717) is 29.3 Å². The first kappa shape index (κ1) is 23.0. The van der Waals surface area contributed by atoms with Gasteiger partial charge in [0, 0.05) is 11.1 Å². The van der Waals surface area contributed by atoms with Gasteiger partial charge < -0.3 is 10.0 Å². The van der Waals surface area contributed by atoms with E-state index < -0.39 is 11.5 Å². The molecule has 4 aromatic carbocycles. The molecule has 0 saturated carbocycles. The average Bonchev–Trinajstić information content (AvgIpc) is 3.06. The van der Waals surface area contributed by atoms with Crippen LogP contribution in [0.4, 0.5) is 5.69 Å². The van der Waals surface area contributed by atoms with Crippen LogP contribution >= 0.6 is 0 Å². The zero-order chi connectivity index (χ0) is 24.7. The number of aryl methyl sites for hydroxylation is 1. The third-order valence-corrected chi connectivity index (χ3v) is 7.10. The van der Waals surface area contributed by atoms with Crippen molar-refractivity contribution in [2.24, 2.45) is 0 Å². The molecule has 4 heteroatoms. The molecule has 35 heavy (non-hydrogen) atoms. The van der Waals surface area contributed by atoms with Crippen molar-refractivity contribution in [2.45, 2.75) is 45.3 Å². The molecular weight excluding hydrogens is 434 g/mol. The number of aliphatic hydroxyl groups is 1. The van der Waals surface area contributed by atoms with Gasteiger partial charge in [-0.05, 0) is 52.4 Å². The minimum atomic E-state index is -1.90. The first-order chi connectivity index (χ1) is 16.8. The number of amides is 1. The van der Waals surface area contributed by atoms with E-state index in [2.05, 4.69) is 32.0 Å². The number of Topliss-reactive ketones (excluding diaryl/α,β-unsaturated/α-hetero) is 1. The van der Waals surface area contributed by atoms with Crippen molar-refractivity contribution in [3.63, 3.8) is 0 Å². The van der Waals surface area contributed by atoms with Gasteiger partial charge in [0.15, 0.2) is 11.4 Å². The van der Waals surface area contributed by atoms with Crippen molar-refractivity contribution in [1.29, 1.82) is 0 Å². The Morgan fingerprint density at radius 3 is 2.40 bits per heavy atom. The number of rotatable bonds is 6. The summed E-state index contributed by atoms with van der Waals surface area (Å²) in [4.78, 5) is 28.7. The van der Waals surface area contributed by atoms with Crippen molar-refractivity contribution in [1.82, 2.24) is 0 Å². The Morgan fingerprint density at radius 1 is 0.914 bits per heavy atom. The van der Waals surface area contributed by atoms with Gasteiger partial charge in [-0.25, -0.2) is 0 Å². The topological polar surface area (TPSA) is 57.6 Å². The summed E-state index contributed by atoms with van der Waals surface area (Å²) in [6.45, 7) is 6.65. The molecule has 1 heterocycles. The highest BCUT2D eigenvalue weighted by Crippen LogP contribution is 2.44. The van der Waals surface area contributed by atoms with E-state index in [1.54, 1.807) is 23.1 Å². The molecule has 0 bridgehead atoms. The van der Waals surface area contributed by atoms with Crippen LogP contribution in [0.1, 0.15) is 58.8 Å². The number of hydrogen-bond acceptors (Lipinski definition) is 3. The molecule has 1 aliphatic heterocycles. The van der Waals surface area contributed by atoms with Gasteiger partial charge in [0.25, 0.3) is 5.91 Å². The van der Waals surface area contributed by atoms with E-state index in [1.165, 1.54) is 5.56 Å². The zero-order valence-electron chi connectivity index (χ0n) is 20.3. The van der Waals surface area contributed by atoms with Crippen LogP contribution in [0.5, 0.6) is 0 Å². The first-order valence-corrected chi connectivity index (χ1v) is 12.0. The standard InChI is InChI=1S/C31H29NO3/c1-20(2)23-13-12-21(3)26(16-23)19-32-28-11-7-6-10-27(28)31(35,30(32)34)18-29(33)25-15-14-22-8-4-5-9-24(22)17-25/h4-17,20,35H,18-19H2,1-3H3/t31-/m1/s1.